The van der Waals surface area contributed by atoms with Crippen molar-refractivity contribution in [2.45, 2.75) is 13.8 Å². The van der Waals surface area contributed by atoms with Crippen LogP contribution in [0.5, 0.6) is 0 Å². The smallest absolute Gasteiger partial charge is 0.196 e. The molecule has 0 bridgehead atoms. The first kappa shape index (κ1) is 13.9. The summed E-state index contributed by atoms with van der Waals surface area (Å²) in [5.74, 6) is -0.215. The Morgan fingerprint density at radius 2 is 1.63 bits per heavy atom. The van der Waals surface area contributed by atoms with E-state index >= 15 is 0 Å². The molecule has 0 aromatic heterocycles. The van der Waals surface area contributed by atoms with Gasteiger partial charge in [-0.15, -0.1) is 0 Å². The molecule has 4 heteroatoms. The van der Waals surface area contributed by atoms with Crippen LogP contribution in [-0.2, 0) is 0 Å². The summed E-state index contributed by atoms with van der Waals surface area (Å²) >= 11 is 12.1. The quantitative estimate of drug-likeness (QED) is 0.658. The van der Waals surface area contributed by atoms with Gasteiger partial charge in [-0.25, -0.2) is 0 Å². The van der Waals surface area contributed by atoms with Crippen LogP contribution in [0.3, 0.4) is 0 Å². The van der Waals surface area contributed by atoms with Gasteiger partial charge in [0.25, 0.3) is 0 Å². The summed E-state index contributed by atoms with van der Waals surface area (Å²) < 4.78 is 0. The molecule has 2 rings (SSSR count). The second-order valence-corrected chi connectivity index (χ2v) is 5.26. The molecule has 0 aliphatic rings. The van der Waals surface area contributed by atoms with Crippen molar-refractivity contribution in [3.05, 3.63) is 62.6 Å². The monoisotopic (exact) mass is 293 g/mol. The van der Waals surface area contributed by atoms with Crippen molar-refractivity contribution in [2.24, 2.45) is 0 Å². The second-order valence-electron chi connectivity index (χ2n) is 4.45. The number of benzene rings is 2. The first-order valence-electron chi connectivity index (χ1n) is 5.77. The van der Waals surface area contributed by atoms with Crippen molar-refractivity contribution >= 4 is 34.7 Å². The van der Waals surface area contributed by atoms with Crippen LogP contribution >= 0.6 is 23.2 Å². The van der Waals surface area contributed by atoms with E-state index in [-0.39, 0.29) is 11.5 Å². The average Bonchev–Trinajstić information content (AvgIpc) is 2.36. The van der Waals surface area contributed by atoms with Crippen LogP contribution < -0.4 is 5.73 Å². The third-order valence-electron chi connectivity index (χ3n) is 3.13. The molecule has 0 fully saturated rings. The highest BCUT2D eigenvalue weighted by atomic mass is 35.5. The number of ketones is 1. The Kier molecular flexibility index (Phi) is 3.83. The van der Waals surface area contributed by atoms with Crippen molar-refractivity contribution in [1.29, 1.82) is 0 Å². The van der Waals surface area contributed by atoms with Crippen molar-refractivity contribution in [2.75, 3.05) is 5.73 Å². The Morgan fingerprint density at radius 1 is 1.00 bits per heavy atom. The molecule has 19 heavy (non-hydrogen) atoms. The largest absolute Gasteiger partial charge is 0.397 e. The van der Waals surface area contributed by atoms with Crippen molar-refractivity contribution in [1.82, 2.24) is 0 Å². The van der Waals surface area contributed by atoms with Crippen molar-refractivity contribution in [3.8, 4) is 0 Å². The molecular formula is C15H13Cl2NO. The number of halogens is 2. The number of hydrogen-bond donors (Lipinski definition) is 1. The highest BCUT2D eigenvalue weighted by molar-refractivity contribution is 6.37. The summed E-state index contributed by atoms with van der Waals surface area (Å²) in [4.78, 5) is 12.5. The Balaban J connectivity index is 2.56. The molecule has 0 amide bonds. The Morgan fingerprint density at radius 3 is 2.32 bits per heavy atom. The minimum atomic E-state index is -0.215. The Hall–Kier alpha value is -1.51. The number of aryl methyl sites for hydroxylation is 2. The first-order chi connectivity index (χ1) is 8.91. The van der Waals surface area contributed by atoms with E-state index in [1.54, 1.807) is 30.3 Å². The first-order valence-corrected chi connectivity index (χ1v) is 6.53. The van der Waals surface area contributed by atoms with Crippen LogP contribution in [0, 0.1) is 13.8 Å². The van der Waals surface area contributed by atoms with Crippen LogP contribution in [-0.4, -0.2) is 5.78 Å². The van der Waals surface area contributed by atoms with Gasteiger partial charge in [-0.05, 0) is 49.2 Å². The van der Waals surface area contributed by atoms with Gasteiger partial charge in [0, 0.05) is 11.1 Å². The van der Waals surface area contributed by atoms with Crippen LogP contribution in [0.2, 0.25) is 10.0 Å². The lowest BCUT2D eigenvalue weighted by atomic mass is 9.98. The van der Waals surface area contributed by atoms with E-state index in [4.69, 9.17) is 28.9 Å². The summed E-state index contributed by atoms with van der Waals surface area (Å²) in [7, 11) is 0. The Labute approximate surface area is 122 Å². The van der Waals surface area contributed by atoms with Crippen LogP contribution in [0.15, 0.2) is 30.3 Å². The fourth-order valence-electron chi connectivity index (χ4n) is 1.84. The van der Waals surface area contributed by atoms with Gasteiger partial charge in [0.05, 0.1) is 15.7 Å². The highest BCUT2D eigenvalue weighted by Gasteiger charge is 2.17. The summed E-state index contributed by atoms with van der Waals surface area (Å²) in [5.41, 5.74) is 8.99. The highest BCUT2D eigenvalue weighted by Crippen LogP contribution is 2.28. The number of para-hydroxylation sites is 1. The number of hydrogen-bond acceptors (Lipinski definition) is 2. The summed E-state index contributed by atoms with van der Waals surface area (Å²) in [6, 6.07) is 8.55. The molecule has 2 N–H and O–H groups in total. The van der Waals surface area contributed by atoms with E-state index in [1.165, 1.54) is 0 Å². The standard InChI is InChI=1S/C15H13Cl2NO/c1-8-6-11(13(17)7-9(8)2)15(19)10-4-3-5-12(16)14(10)18/h3-7H,18H2,1-2H3. The Bertz CT molecular complexity index is 665. The van der Waals surface area contributed by atoms with Gasteiger partial charge in [-0.3, -0.25) is 4.79 Å². The summed E-state index contributed by atoms with van der Waals surface area (Å²) in [6.45, 7) is 3.88. The maximum absolute atomic E-state index is 12.5. The maximum atomic E-state index is 12.5. The lowest BCUT2D eigenvalue weighted by Gasteiger charge is -2.10. The number of anilines is 1. The zero-order chi connectivity index (χ0) is 14.2. The molecular weight excluding hydrogens is 281 g/mol. The topological polar surface area (TPSA) is 43.1 Å². The molecule has 0 saturated heterocycles. The molecule has 0 spiro atoms. The van der Waals surface area contributed by atoms with Crippen LogP contribution in [0.1, 0.15) is 27.0 Å². The number of nitrogens with two attached hydrogens (primary N) is 1. The van der Waals surface area contributed by atoms with E-state index in [1.807, 2.05) is 13.8 Å². The minimum absolute atomic E-state index is 0.215. The van der Waals surface area contributed by atoms with Gasteiger partial charge < -0.3 is 5.73 Å². The molecule has 0 aliphatic heterocycles. The summed E-state index contributed by atoms with van der Waals surface area (Å²) in [5, 5.41) is 0.790. The van der Waals surface area contributed by atoms with E-state index in [0.717, 1.165) is 11.1 Å². The van der Waals surface area contributed by atoms with E-state index in [2.05, 4.69) is 0 Å². The van der Waals surface area contributed by atoms with Crippen molar-refractivity contribution in [3.63, 3.8) is 0 Å². The molecule has 2 aromatic carbocycles. The molecule has 0 unspecified atom stereocenters. The minimum Gasteiger partial charge on any atom is -0.397 e. The number of rotatable bonds is 2. The average molecular weight is 294 g/mol. The van der Waals surface area contributed by atoms with E-state index in [0.29, 0.717) is 21.2 Å². The van der Waals surface area contributed by atoms with Crippen molar-refractivity contribution < 1.29 is 4.79 Å². The fraction of sp³-hybridized carbons (Fsp3) is 0.133. The number of carbonyl (C=O) groups excluding carboxylic acids is 1. The SMILES string of the molecule is Cc1cc(Cl)c(C(=O)c2cccc(Cl)c2N)cc1C. The molecule has 2 aromatic rings. The molecule has 0 atom stereocenters. The molecule has 0 heterocycles. The number of nitrogen functional groups attached to an aromatic ring is 1. The molecule has 2 nitrogen and oxygen atoms in total. The fourth-order valence-corrected chi connectivity index (χ4v) is 2.31. The third-order valence-corrected chi connectivity index (χ3v) is 3.77. The van der Waals surface area contributed by atoms with Gasteiger partial charge in [-0.2, -0.15) is 0 Å². The van der Waals surface area contributed by atoms with Gasteiger partial charge in [0.1, 0.15) is 0 Å². The molecule has 0 aliphatic carbocycles. The predicted octanol–water partition coefficient (Wildman–Crippen LogP) is 4.42. The maximum Gasteiger partial charge on any atom is 0.196 e. The van der Waals surface area contributed by atoms with Gasteiger partial charge in [-0.1, -0.05) is 29.3 Å². The second kappa shape index (κ2) is 5.24. The molecule has 0 radical (unpaired) electrons. The van der Waals surface area contributed by atoms with Gasteiger partial charge in [0.2, 0.25) is 0 Å². The van der Waals surface area contributed by atoms with Crippen LogP contribution in [0.25, 0.3) is 0 Å². The molecule has 0 saturated carbocycles. The normalized spacial score (nSPS) is 10.5. The van der Waals surface area contributed by atoms with Gasteiger partial charge >= 0.3 is 0 Å². The van der Waals surface area contributed by atoms with E-state index < -0.39 is 0 Å². The van der Waals surface area contributed by atoms with E-state index in [9.17, 15) is 4.79 Å². The summed E-state index contributed by atoms with van der Waals surface area (Å²) in [6.07, 6.45) is 0. The third kappa shape index (κ3) is 2.60. The zero-order valence-electron chi connectivity index (χ0n) is 10.6. The van der Waals surface area contributed by atoms with Crippen LogP contribution in [0.4, 0.5) is 5.69 Å². The lowest BCUT2D eigenvalue weighted by molar-refractivity contribution is 0.103. The lowest BCUT2D eigenvalue weighted by Crippen LogP contribution is -2.07. The predicted molar refractivity (Wildman–Crippen MR) is 80.2 cm³/mol. The molecule has 98 valence electrons. The number of carbonyl (C=O) groups is 1. The zero-order valence-corrected chi connectivity index (χ0v) is 12.1. The van der Waals surface area contributed by atoms with Gasteiger partial charge in [0.15, 0.2) is 5.78 Å².